The lowest BCUT2D eigenvalue weighted by atomic mass is 10.1. The van der Waals surface area contributed by atoms with Crippen LogP contribution in [0.15, 0.2) is 36.7 Å². The number of aryl methyl sites for hydroxylation is 1. The summed E-state index contributed by atoms with van der Waals surface area (Å²) in [7, 11) is 2.03. The second kappa shape index (κ2) is 4.53. The fourth-order valence-electron chi connectivity index (χ4n) is 2.03. The molecule has 88 valence electrons. The molecule has 3 nitrogen and oxygen atoms in total. The van der Waals surface area contributed by atoms with Gasteiger partial charge >= 0.3 is 0 Å². The first kappa shape index (κ1) is 11.6. The molecule has 17 heavy (non-hydrogen) atoms. The van der Waals surface area contributed by atoms with Crippen LogP contribution < -0.4 is 4.90 Å². The maximum Gasteiger partial charge on any atom is 0.140 e. The zero-order valence-corrected chi connectivity index (χ0v) is 10.6. The minimum Gasteiger partial charge on any atom is -0.355 e. The van der Waals surface area contributed by atoms with E-state index in [9.17, 15) is 0 Å². The largest absolute Gasteiger partial charge is 0.355 e. The van der Waals surface area contributed by atoms with Gasteiger partial charge in [0, 0.05) is 19.0 Å². The van der Waals surface area contributed by atoms with Gasteiger partial charge in [0.1, 0.15) is 12.1 Å². The SMILES string of the molecule is C=C(C)CN(C)c1ncnc2cccc(C)c12. The lowest BCUT2D eigenvalue weighted by Crippen LogP contribution is -2.20. The molecule has 0 radical (unpaired) electrons. The molecule has 3 heteroatoms. The van der Waals surface area contributed by atoms with Gasteiger partial charge in [-0.15, -0.1) is 0 Å². The molecular formula is C14H17N3. The number of fused-ring (bicyclic) bond motifs is 1. The predicted octanol–water partition coefficient (Wildman–Crippen LogP) is 2.95. The summed E-state index contributed by atoms with van der Waals surface area (Å²) < 4.78 is 0. The van der Waals surface area contributed by atoms with E-state index in [2.05, 4.69) is 34.4 Å². The fourth-order valence-corrected chi connectivity index (χ4v) is 2.03. The third-order valence-corrected chi connectivity index (χ3v) is 2.72. The lowest BCUT2D eigenvalue weighted by molar-refractivity contribution is 0.954. The van der Waals surface area contributed by atoms with Crippen molar-refractivity contribution >= 4 is 16.7 Å². The summed E-state index contributed by atoms with van der Waals surface area (Å²) in [6.45, 7) is 8.85. The minimum atomic E-state index is 0.806. The Hall–Kier alpha value is -1.90. The van der Waals surface area contributed by atoms with Crippen molar-refractivity contribution in [3.63, 3.8) is 0 Å². The number of rotatable bonds is 3. The Balaban J connectivity index is 2.57. The molecule has 0 aliphatic rings. The van der Waals surface area contributed by atoms with Gasteiger partial charge < -0.3 is 4.90 Å². The molecule has 0 spiro atoms. The third kappa shape index (κ3) is 2.28. The van der Waals surface area contributed by atoms with Crippen molar-refractivity contribution in [2.45, 2.75) is 13.8 Å². The highest BCUT2D eigenvalue weighted by Crippen LogP contribution is 2.25. The molecule has 0 saturated carbocycles. The molecule has 1 heterocycles. The second-order valence-electron chi connectivity index (χ2n) is 4.48. The van der Waals surface area contributed by atoms with E-state index in [1.165, 1.54) is 5.56 Å². The van der Waals surface area contributed by atoms with E-state index in [0.717, 1.165) is 28.8 Å². The molecular weight excluding hydrogens is 210 g/mol. The van der Waals surface area contributed by atoms with Crippen LogP contribution in [0.5, 0.6) is 0 Å². The maximum absolute atomic E-state index is 4.39. The monoisotopic (exact) mass is 227 g/mol. The Morgan fingerprint density at radius 2 is 2.12 bits per heavy atom. The van der Waals surface area contributed by atoms with Crippen LogP contribution in [0.3, 0.4) is 0 Å². The molecule has 0 amide bonds. The summed E-state index contributed by atoms with van der Waals surface area (Å²) in [6, 6.07) is 6.12. The maximum atomic E-state index is 4.39. The Morgan fingerprint density at radius 1 is 1.35 bits per heavy atom. The van der Waals surface area contributed by atoms with Crippen LogP contribution in [-0.2, 0) is 0 Å². The molecule has 0 bridgehead atoms. The molecule has 2 rings (SSSR count). The van der Waals surface area contributed by atoms with Gasteiger partial charge in [-0.05, 0) is 25.5 Å². The van der Waals surface area contributed by atoms with Gasteiger partial charge in [0.05, 0.1) is 5.52 Å². The van der Waals surface area contributed by atoms with Gasteiger partial charge in [-0.2, -0.15) is 0 Å². The smallest absolute Gasteiger partial charge is 0.140 e. The molecule has 0 saturated heterocycles. The zero-order valence-electron chi connectivity index (χ0n) is 10.6. The molecule has 0 aliphatic heterocycles. The van der Waals surface area contributed by atoms with Crippen molar-refractivity contribution < 1.29 is 0 Å². The van der Waals surface area contributed by atoms with Crippen molar-refractivity contribution in [2.24, 2.45) is 0 Å². The molecule has 0 N–H and O–H groups in total. The van der Waals surface area contributed by atoms with Crippen LogP contribution >= 0.6 is 0 Å². The fraction of sp³-hybridized carbons (Fsp3) is 0.286. The topological polar surface area (TPSA) is 29.0 Å². The van der Waals surface area contributed by atoms with Gasteiger partial charge in [0.2, 0.25) is 0 Å². The van der Waals surface area contributed by atoms with Crippen LogP contribution in [0.4, 0.5) is 5.82 Å². The number of hydrogen-bond donors (Lipinski definition) is 0. The van der Waals surface area contributed by atoms with Crippen molar-refractivity contribution in [2.75, 3.05) is 18.5 Å². The molecule has 0 atom stereocenters. The highest BCUT2D eigenvalue weighted by Gasteiger charge is 2.10. The Morgan fingerprint density at radius 3 is 2.82 bits per heavy atom. The molecule has 0 unspecified atom stereocenters. The van der Waals surface area contributed by atoms with Gasteiger partial charge in [-0.25, -0.2) is 9.97 Å². The Labute approximate surface area is 102 Å². The van der Waals surface area contributed by atoms with Crippen LogP contribution in [0.25, 0.3) is 10.9 Å². The number of benzene rings is 1. The molecule has 1 aromatic carbocycles. The van der Waals surface area contributed by atoms with Crippen molar-refractivity contribution in [3.8, 4) is 0 Å². The van der Waals surface area contributed by atoms with Gasteiger partial charge in [0.15, 0.2) is 0 Å². The number of likely N-dealkylation sites (N-methyl/N-ethyl adjacent to an activating group) is 1. The summed E-state index contributed by atoms with van der Waals surface area (Å²) in [5.74, 6) is 0.969. The van der Waals surface area contributed by atoms with Crippen molar-refractivity contribution in [3.05, 3.63) is 42.2 Å². The average Bonchev–Trinajstić information content (AvgIpc) is 2.28. The summed E-state index contributed by atoms with van der Waals surface area (Å²) in [4.78, 5) is 10.8. The van der Waals surface area contributed by atoms with Gasteiger partial charge in [0.25, 0.3) is 0 Å². The summed E-state index contributed by atoms with van der Waals surface area (Å²) in [5.41, 5.74) is 3.31. The lowest BCUT2D eigenvalue weighted by Gasteiger charge is -2.20. The van der Waals surface area contributed by atoms with Crippen LogP contribution in [0.1, 0.15) is 12.5 Å². The van der Waals surface area contributed by atoms with Crippen molar-refractivity contribution in [1.29, 1.82) is 0 Å². The highest BCUT2D eigenvalue weighted by molar-refractivity contribution is 5.92. The number of aromatic nitrogens is 2. The van der Waals surface area contributed by atoms with Crippen LogP contribution in [0.2, 0.25) is 0 Å². The van der Waals surface area contributed by atoms with E-state index < -0.39 is 0 Å². The van der Waals surface area contributed by atoms with Crippen molar-refractivity contribution in [1.82, 2.24) is 9.97 Å². The first-order valence-electron chi connectivity index (χ1n) is 5.65. The molecule has 2 aromatic rings. The standard InChI is InChI=1S/C14H17N3/c1-10(2)8-17(4)14-13-11(3)6-5-7-12(13)15-9-16-14/h5-7,9H,1,8H2,2-4H3. The van der Waals surface area contributed by atoms with E-state index in [1.807, 2.05) is 26.1 Å². The third-order valence-electron chi connectivity index (χ3n) is 2.72. The van der Waals surface area contributed by atoms with Gasteiger partial charge in [-0.3, -0.25) is 0 Å². The zero-order chi connectivity index (χ0) is 12.4. The summed E-state index contributed by atoms with van der Waals surface area (Å²) in [6.07, 6.45) is 1.62. The first-order chi connectivity index (χ1) is 8.09. The molecule has 0 fully saturated rings. The Bertz CT molecular complexity index is 555. The minimum absolute atomic E-state index is 0.806. The number of anilines is 1. The summed E-state index contributed by atoms with van der Waals surface area (Å²) >= 11 is 0. The molecule has 0 aliphatic carbocycles. The second-order valence-corrected chi connectivity index (χ2v) is 4.48. The number of nitrogens with zero attached hydrogens (tertiary/aromatic N) is 3. The van der Waals surface area contributed by atoms with Crippen LogP contribution in [0, 0.1) is 6.92 Å². The van der Waals surface area contributed by atoms with E-state index in [4.69, 9.17) is 0 Å². The van der Waals surface area contributed by atoms with Crippen LogP contribution in [-0.4, -0.2) is 23.6 Å². The van der Waals surface area contributed by atoms with E-state index in [0.29, 0.717) is 0 Å². The predicted molar refractivity (Wildman–Crippen MR) is 72.4 cm³/mol. The van der Waals surface area contributed by atoms with E-state index in [1.54, 1.807) is 6.33 Å². The first-order valence-corrected chi connectivity index (χ1v) is 5.65. The quantitative estimate of drug-likeness (QED) is 0.755. The molecule has 1 aromatic heterocycles. The Kier molecular flexibility index (Phi) is 3.09. The number of hydrogen-bond acceptors (Lipinski definition) is 3. The van der Waals surface area contributed by atoms with Gasteiger partial charge in [-0.1, -0.05) is 24.3 Å². The van der Waals surface area contributed by atoms with E-state index >= 15 is 0 Å². The summed E-state index contributed by atoms with van der Waals surface area (Å²) in [5, 5.41) is 1.12. The average molecular weight is 227 g/mol. The normalized spacial score (nSPS) is 10.5. The van der Waals surface area contributed by atoms with E-state index in [-0.39, 0.29) is 0 Å². The highest BCUT2D eigenvalue weighted by atomic mass is 15.2.